The Bertz CT molecular complexity index is 765. The SMILES string of the molecule is COc1ccc(/C=C(\C)C(=O)Nc2ccc(N(C)C)cc2)cc1OC. The van der Waals surface area contributed by atoms with E-state index in [1.54, 1.807) is 21.1 Å². The molecule has 0 saturated heterocycles. The maximum Gasteiger partial charge on any atom is 0.251 e. The summed E-state index contributed by atoms with van der Waals surface area (Å²) < 4.78 is 10.5. The number of ether oxygens (including phenoxy) is 2. The first-order valence-electron chi connectivity index (χ1n) is 7.93. The van der Waals surface area contributed by atoms with Gasteiger partial charge in [-0.25, -0.2) is 0 Å². The molecule has 5 heteroatoms. The molecule has 0 saturated carbocycles. The molecule has 0 aliphatic carbocycles. The molecule has 0 radical (unpaired) electrons. The Hall–Kier alpha value is -2.95. The molecule has 0 aliphatic rings. The van der Waals surface area contributed by atoms with E-state index in [0.717, 1.165) is 16.9 Å². The van der Waals surface area contributed by atoms with Crippen molar-refractivity contribution in [2.45, 2.75) is 6.92 Å². The lowest BCUT2D eigenvalue weighted by molar-refractivity contribution is -0.112. The van der Waals surface area contributed by atoms with E-state index in [1.165, 1.54) is 0 Å². The summed E-state index contributed by atoms with van der Waals surface area (Å²) in [6, 6.07) is 13.2. The van der Waals surface area contributed by atoms with Gasteiger partial charge in [-0.15, -0.1) is 0 Å². The number of anilines is 2. The normalized spacial score (nSPS) is 11.0. The first-order chi connectivity index (χ1) is 11.9. The average molecular weight is 340 g/mol. The maximum absolute atomic E-state index is 12.4. The van der Waals surface area contributed by atoms with Crippen LogP contribution in [0.25, 0.3) is 6.08 Å². The zero-order chi connectivity index (χ0) is 18.4. The fraction of sp³-hybridized carbons (Fsp3) is 0.250. The summed E-state index contributed by atoms with van der Waals surface area (Å²) in [7, 11) is 7.13. The third-order valence-corrected chi connectivity index (χ3v) is 3.79. The molecule has 2 aromatic carbocycles. The van der Waals surface area contributed by atoms with Crippen LogP contribution >= 0.6 is 0 Å². The first kappa shape index (κ1) is 18.4. The highest BCUT2D eigenvalue weighted by Crippen LogP contribution is 2.28. The Morgan fingerprint density at radius 3 is 2.20 bits per heavy atom. The minimum absolute atomic E-state index is 0.146. The Labute approximate surface area is 148 Å². The molecule has 1 amide bonds. The number of hydrogen-bond acceptors (Lipinski definition) is 4. The minimum Gasteiger partial charge on any atom is -0.493 e. The molecule has 1 N–H and O–H groups in total. The van der Waals surface area contributed by atoms with E-state index in [2.05, 4.69) is 5.32 Å². The molecule has 5 nitrogen and oxygen atoms in total. The number of nitrogens with zero attached hydrogens (tertiary/aromatic N) is 1. The summed E-state index contributed by atoms with van der Waals surface area (Å²) in [4.78, 5) is 14.4. The van der Waals surface area contributed by atoms with Gasteiger partial charge in [0.15, 0.2) is 11.5 Å². The fourth-order valence-corrected chi connectivity index (χ4v) is 2.33. The van der Waals surface area contributed by atoms with Gasteiger partial charge >= 0.3 is 0 Å². The summed E-state index contributed by atoms with van der Waals surface area (Å²) in [5.74, 6) is 1.14. The lowest BCUT2D eigenvalue weighted by atomic mass is 10.1. The van der Waals surface area contributed by atoms with Crippen molar-refractivity contribution in [1.29, 1.82) is 0 Å². The highest BCUT2D eigenvalue weighted by Gasteiger charge is 2.08. The number of hydrogen-bond donors (Lipinski definition) is 1. The van der Waals surface area contributed by atoms with E-state index < -0.39 is 0 Å². The second-order valence-electron chi connectivity index (χ2n) is 5.84. The molecule has 0 unspecified atom stereocenters. The van der Waals surface area contributed by atoms with Crippen LogP contribution in [0.15, 0.2) is 48.0 Å². The third-order valence-electron chi connectivity index (χ3n) is 3.79. The lowest BCUT2D eigenvalue weighted by Gasteiger charge is -2.13. The van der Waals surface area contributed by atoms with Crippen molar-refractivity contribution < 1.29 is 14.3 Å². The van der Waals surface area contributed by atoms with Gasteiger partial charge in [0.2, 0.25) is 0 Å². The molecule has 0 fully saturated rings. The molecule has 0 aromatic heterocycles. The molecule has 0 atom stereocenters. The highest BCUT2D eigenvalue weighted by atomic mass is 16.5. The third kappa shape index (κ3) is 4.76. The Balaban J connectivity index is 2.12. The van der Waals surface area contributed by atoms with Crippen molar-refractivity contribution in [2.24, 2.45) is 0 Å². The largest absolute Gasteiger partial charge is 0.493 e. The quantitative estimate of drug-likeness (QED) is 0.813. The monoisotopic (exact) mass is 340 g/mol. The summed E-state index contributed by atoms with van der Waals surface area (Å²) in [5, 5.41) is 2.90. The van der Waals surface area contributed by atoms with E-state index >= 15 is 0 Å². The molecular formula is C20H24N2O3. The van der Waals surface area contributed by atoms with Crippen LogP contribution in [-0.2, 0) is 4.79 Å². The topological polar surface area (TPSA) is 50.8 Å². The van der Waals surface area contributed by atoms with Crippen LogP contribution in [0.5, 0.6) is 11.5 Å². The van der Waals surface area contributed by atoms with Gasteiger partial charge in [0.05, 0.1) is 14.2 Å². The summed E-state index contributed by atoms with van der Waals surface area (Å²) in [6.45, 7) is 1.78. The van der Waals surface area contributed by atoms with Gasteiger partial charge in [0.25, 0.3) is 5.91 Å². The molecule has 2 rings (SSSR count). The summed E-state index contributed by atoms with van der Waals surface area (Å²) in [6.07, 6.45) is 1.81. The second-order valence-corrected chi connectivity index (χ2v) is 5.84. The van der Waals surface area contributed by atoms with Crippen molar-refractivity contribution in [3.05, 3.63) is 53.6 Å². The van der Waals surface area contributed by atoms with E-state index in [1.807, 2.05) is 67.5 Å². The highest BCUT2D eigenvalue weighted by molar-refractivity contribution is 6.06. The van der Waals surface area contributed by atoms with Crippen molar-refractivity contribution in [3.8, 4) is 11.5 Å². The van der Waals surface area contributed by atoms with Crippen LogP contribution in [0, 0.1) is 0 Å². The molecular weight excluding hydrogens is 316 g/mol. The van der Waals surface area contributed by atoms with E-state index in [-0.39, 0.29) is 5.91 Å². The van der Waals surface area contributed by atoms with Crippen LogP contribution in [0.3, 0.4) is 0 Å². The number of carbonyl (C=O) groups is 1. The van der Waals surface area contributed by atoms with Gasteiger partial charge in [-0.3, -0.25) is 4.79 Å². The van der Waals surface area contributed by atoms with Gasteiger partial charge in [-0.05, 0) is 55.0 Å². The zero-order valence-corrected chi connectivity index (χ0v) is 15.3. The molecule has 0 spiro atoms. The lowest BCUT2D eigenvalue weighted by Crippen LogP contribution is -2.13. The van der Waals surface area contributed by atoms with E-state index in [4.69, 9.17) is 9.47 Å². The molecule has 0 aliphatic heterocycles. The van der Waals surface area contributed by atoms with Crippen LogP contribution in [0.4, 0.5) is 11.4 Å². The van der Waals surface area contributed by atoms with Crippen LogP contribution in [0.2, 0.25) is 0 Å². The van der Waals surface area contributed by atoms with Crippen molar-refractivity contribution in [1.82, 2.24) is 0 Å². The van der Waals surface area contributed by atoms with E-state index in [0.29, 0.717) is 17.1 Å². The molecule has 2 aromatic rings. The Morgan fingerprint density at radius 2 is 1.64 bits per heavy atom. The smallest absolute Gasteiger partial charge is 0.251 e. The van der Waals surface area contributed by atoms with Gasteiger partial charge in [0, 0.05) is 31.0 Å². The van der Waals surface area contributed by atoms with Gasteiger partial charge < -0.3 is 19.7 Å². The van der Waals surface area contributed by atoms with Crippen LogP contribution in [0.1, 0.15) is 12.5 Å². The Morgan fingerprint density at radius 1 is 1.00 bits per heavy atom. The standard InChI is InChI=1S/C20H24N2O3/c1-14(12-15-6-11-18(24-4)19(13-15)25-5)20(23)21-16-7-9-17(10-8-16)22(2)3/h6-13H,1-5H3,(H,21,23)/b14-12+. The van der Waals surface area contributed by atoms with Crippen molar-refractivity contribution in [2.75, 3.05) is 38.5 Å². The van der Waals surface area contributed by atoms with Crippen LogP contribution in [-0.4, -0.2) is 34.2 Å². The fourth-order valence-electron chi connectivity index (χ4n) is 2.33. The minimum atomic E-state index is -0.146. The molecule has 0 heterocycles. The second kappa shape index (κ2) is 8.24. The number of rotatable bonds is 6. The van der Waals surface area contributed by atoms with Gasteiger partial charge in [-0.2, -0.15) is 0 Å². The zero-order valence-electron chi connectivity index (χ0n) is 15.3. The molecule has 25 heavy (non-hydrogen) atoms. The van der Waals surface area contributed by atoms with Crippen molar-refractivity contribution in [3.63, 3.8) is 0 Å². The summed E-state index contributed by atoms with van der Waals surface area (Å²) >= 11 is 0. The average Bonchev–Trinajstić information content (AvgIpc) is 2.61. The van der Waals surface area contributed by atoms with Gasteiger partial charge in [0.1, 0.15) is 0 Å². The number of methoxy groups -OCH3 is 2. The molecule has 0 bridgehead atoms. The molecule has 132 valence electrons. The van der Waals surface area contributed by atoms with Gasteiger partial charge in [-0.1, -0.05) is 6.07 Å². The van der Waals surface area contributed by atoms with E-state index in [9.17, 15) is 4.79 Å². The van der Waals surface area contributed by atoms with Crippen LogP contribution < -0.4 is 19.7 Å². The van der Waals surface area contributed by atoms with Crippen molar-refractivity contribution >= 4 is 23.4 Å². The predicted octanol–water partition coefficient (Wildman–Crippen LogP) is 3.81. The number of amides is 1. The number of benzene rings is 2. The number of nitrogens with one attached hydrogen (secondary N) is 1. The number of carbonyl (C=O) groups excluding carboxylic acids is 1. The Kier molecular flexibility index (Phi) is 6.06. The maximum atomic E-state index is 12.4. The predicted molar refractivity (Wildman–Crippen MR) is 103 cm³/mol. The first-order valence-corrected chi connectivity index (χ1v) is 7.93. The summed E-state index contributed by atoms with van der Waals surface area (Å²) in [5.41, 5.74) is 3.31.